The van der Waals surface area contributed by atoms with Gasteiger partial charge < -0.3 is 14.7 Å². The quantitative estimate of drug-likeness (QED) is 0.447. The molecule has 0 aliphatic heterocycles. The van der Waals surface area contributed by atoms with Crippen molar-refractivity contribution in [3.05, 3.63) is 99.9 Å². The van der Waals surface area contributed by atoms with Crippen LogP contribution in [0.3, 0.4) is 0 Å². The molecule has 0 saturated carbocycles. The van der Waals surface area contributed by atoms with Gasteiger partial charge >= 0.3 is 0 Å². The van der Waals surface area contributed by atoms with Crippen LogP contribution in [0.25, 0.3) is 0 Å². The molecule has 0 amide bonds. The zero-order valence-electron chi connectivity index (χ0n) is 17.2. The van der Waals surface area contributed by atoms with Crippen LogP contribution in [-0.2, 0) is 12.8 Å². The minimum Gasteiger partial charge on any atom is -0.496 e. The van der Waals surface area contributed by atoms with E-state index in [2.05, 4.69) is 39.8 Å². The standard InChI is InChI=1S/C13H16N2O.C10H8ClFN2/c1-9-10(2)13(16-3)5-4-11(9)6-12-7-14-8-15-12;11-9-2-1-3-10(12)8(9)4-7-5-13-6-14-7/h4-5,7-8H,6H2,1-3H3,(H,14,15);1-3,5-6H,4H2,(H,13,14). The lowest BCUT2D eigenvalue weighted by Gasteiger charge is -2.11. The Morgan fingerprint density at radius 2 is 1.60 bits per heavy atom. The van der Waals surface area contributed by atoms with Crippen molar-refractivity contribution in [1.82, 2.24) is 19.9 Å². The molecule has 0 saturated heterocycles. The zero-order valence-corrected chi connectivity index (χ0v) is 17.9. The van der Waals surface area contributed by atoms with Crippen molar-refractivity contribution in [1.29, 1.82) is 0 Å². The van der Waals surface area contributed by atoms with Crippen molar-refractivity contribution in [2.45, 2.75) is 26.7 Å². The Morgan fingerprint density at radius 1 is 0.933 bits per heavy atom. The van der Waals surface area contributed by atoms with E-state index >= 15 is 0 Å². The van der Waals surface area contributed by atoms with Crippen molar-refractivity contribution >= 4 is 11.6 Å². The molecule has 0 aliphatic rings. The summed E-state index contributed by atoms with van der Waals surface area (Å²) >= 11 is 5.87. The van der Waals surface area contributed by atoms with Gasteiger partial charge in [-0.3, -0.25) is 0 Å². The second-order valence-electron chi connectivity index (χ2n) is 6.88. The van der Waals surface area contributed by atoms with Crippen LogP contribution in [-0.4, -0.2) is 27.0 Å². The van der Waals surface area contributed by atoms with Crippen LogP contribution < -0.4 is 4.74 Å². The van der Waals surface area contributed by atoms with Crippen LogP contribution in [0.4, 0.5) is 4.39 Å². The first-order chi connectivity index (χ1) is 14.5. The van der Waals surface area contributed by atoms with Gasteiger partial charge in [-0.05, 0) is 48.7 Å². The van der Waals surface area contributed by atoms with E-state index in [0.29, 0.717) is 17.0 Å². The normalized spacial score (nSPS) is 10.4. The Labute approximate surface area is 180 Å². The minimum atomic E-state index is -0.285. The van der Waals surface area contributed by atoms with Gasteiger partial charge in [0.2, 0.25) is 0 Å². The largest absolute Gasteiger partial charge is 0.496 e. The summed E-state index contributed by atoms with van der Waals surface area (Å²) < 4.78 is 18.6. The molecular weight excluding hydrogens is 403 g/mol. The summed E-state index contributed by atoms with van der Waals surface area (Å²) in [5.41, 5.74) is 6.28. The summed E-state index contributed by atoms with van der Waals surface area (Å²) in [4.78, 5) is 13.9. The van der Waals surface area contributed by atoms with Gasteiger partial charge in [0.05, 0.1) is 19.8 Å². The number of aromatic amines is 2. The Morgan fingerprint density at radius 3 is 2.17 bits per heavy atom. The number of hydrogen-bond acceptors (Lipinski definition) is 3. The summed E-state index contributed by atoms with van der Waals surface area (Å²) in [6, 6.07) is 8.80. The third kappa shape index (κ3) is 5.27. The molecule has 0 atom stereocenters. The van der Waals surface area contributed by atoms with Gasteiger partial charge in [0.15, 0.2) is 0 Å². The van der Waals surface area contributed by atoms with Crippen molar-refractivity contribution in [3.8, 4) is 5.75 Å². The Kier molecular flexibility index (Phi) is 7.25. The maximum atomic E-state index is 13.3. The van der Waals surface area contributed by atoms with Gasteiger partial charge in [-0.15, -0.1) is 0 Å². The molecular formula is C23H24ClFN4O. The fourth-order valence-corrected chi connectivity index (χ4v) is 3.35. The number of ether oxygens (including phenoxy) is 1. The van der Waals surface area contributed by atoms with Crippen molar-refractivity contribution in [3.63, 3.8) is 0 Å². The first-order valence-electron chi connectivity index (χ1n) is 9.50. The van der Waals surface area contributed by atoms with Gasteiger partial charge in [-0.25, -0.2) is 14.4 Å². The lowest BCUT2D eigenvalue weighted by atomic mass is 9.99. The van der Waals surface area contributed by atoms with Gasteiger partial charge in [-0.1, -0.05) is 23.7 Å². The van der Waals surface area contributed by atoms with E-state index in [1.165, 1.54) is 22.8 Å². The fourth-order valence-electron chi connectivity index (χ4n) is 3.12. The first-order valence-corrected chi connectivity index (χ1v) is 9.87. The Hall–Kier alpha value is -3.12. The van der Waals surface area contributed by atoms with E-state index in [0.717, 1.165) is 23.6 Å². The van der Waals surface area contributed by atoms with Crippen molar-refractivity contribution in [2.24, 2.45) is 0 Å². The Balaban J connectivity index is 0.000000172. The monoisotopic (exact) mass is 426 g/mol. The number of hydrogen-bond donors (Lipinski definition) is 2. The molecule has 0 unspecified atom stereocenters. The first kappa shape index (κ1) is 21.6. The fraction of sp³-hybridized carbons (Fsp3) is 0.217. The number of rotatable bonds is 5. The molecule has 5 nitrogen and oxygen atoms in total. The smallest absolute Gasteiger partial charge is 0.128 e. The summed E-state index contributed by atoms with van der Waals surface area (Å²) in [6.45, 7) is 4.22. The van der Waals surface area contributed by atoms with Crippen LogP contribution in [0.2, 0.25) is 5.02 Å². The van der Waals surface area contributed by atoms with E-state index < -0.39 is 0 Å². The topological polar surface area (TPSA) is 66.6 Å². The van der Waals surface area contributed by atoms with Crippen LogP contribution in [0, 0.1) is 19.7 Å². The number of imidazole rings is 2. The number of nitrogens with one attached hydrogen (secondary N) is 2. The van der Waals surface area contributed by atoms with E-state index in [1.54, 1.807) is 38.1 Å². The summed E-state index contributed by atoms with van der Waals surface area (Å²) in [5.74, 6) is 0.665. The van der Waals surface area contributed by atoms with Gasteiger partial charge in [0.1, 0.15) is 11.6 Å². The predicted octanol–water partition coefficient (Wildman–Crippen LogP) is 5.42. The van der Waals surface area contributed by atoms with Crippen LogP contribution >= 0.6 is 11.6 Å². The number of methoxy groups -OCH3 is 1. The zero-order chi connectivity index (χ0) is 21.5. The Bertz CT molecular complexity index is 1060. The number of H-pyrrole nitrogens is 2. The molecule has 0 fully saturated rings. The molecule has 0 spiro atoms. The average molecular weight is 427 g/mol. The molecule has 4 rings (SSSR count). The highest BCUT2D eigenvalue weighted by atomic mass is 35.5. The van der Waals surface area contributed by atoms with Gasteiger partial charge in [-0.2, -0.15) is 0 Å². The number of halogens is 2. The maximum Gasteiger partial charge on any atom is 0.128 e. The number of nitrogens with zero attached hydrogens (tertiary/aromatic N) is 2. The molecule has 7 heteroatoms. The number of benzene rings is 2. The highest BCUT2D eigenvalue weighted by Crippen LogP contribution is 2.25. The average Bonchev–Trinajstić information content (AvgIpc) is 3.43. The second-order valence-corrected chi connectivity index (χ2v) is 7.29. The molecule has 0 aliphatic carbocycles. The van der Waals surface area contributed by atoms with E-state index in [1.807, 2.05) is 12.3 Å². The minimum absolute atomic E-state index is 0.285. The lowest BCUT2D eigenvalue weighted by Crippen LogP contribution is -1.97. The molecule has 30 heavy (non-hydrogen) atoms. The van der Waals surface area contributed by atoms with Crippen LogP contribution in [0.5, 0.6) is 5.75 Å². The van der Waals surface area contributed by atoms with E-state index in [4.69, 9.17) is 16.3 Å². The van der Waals surface area contributed by atoms with Crippen molar-refractivity contribution < 1.29 is 9.13 Å². The molecule has 0 bridgehead atoms. The van der Waals surface area contributed by atoms with E-state index in [-0.39, 0.29) is 5.82 Å². The summed E-state index contributed by atoms with van der Waals surface area (Å²) in [5, 5.41) is 0.444. The summed E-state index contributed by atoms with van der Waals surface area (Å²) in [6.07, 6.45) is 8.11. The second kappa shape index (κ2) is 10.1. The molecule has 4 aromatic rings. The predicted molar refractivity (Wildman–Crippen MR) is 117 cm³/mol. The molecule has 2 aromatic heterocycles. The lowest BCUT2D eigenvalue weighted by molar-refractivity contribution is 0.411. The molecule has 156 valence electrons. The third-order valence-electron chi connectivity index (χ3n) is 4.99. The van der Waals surface area contributed by atoms with Crippen LogP contribution in [0.1, 0.15) is 33.6 Å². The number of aromatic nitrogens is 4. The van der Waals surface area contributed by atoms with Gasteiger partial charge in [0, 0.05) is 47.2 Å². The van der Waals surface area contributed by atoms with E-state index in [9.17, 15) is 4.39 Å². The highest BCUT2D eigenvalue weighted by molar-refractivity contribution is 6.31. The van der Waals surface area contributed by atoms with Crippen molar-refractivity contribution in [2.75, 3.05) is 7.11 Å². The SMILES string of the molecule is COc1ccc(Cc2cnc[nH]2)c(C)c1C.Fc1cccc(Cl)c1Cc1cnc[nH]1. The third-order valence-corrected chi connectivity index (χ3v) is 5.34. The molecule has 0 radical (unpaired) electrons. The molecule has 2 heterocycles. The molecule has 2 aromatic carbocycles. The van der Waals surface area contributed by atoms with Gasteiger partial charge in [0.25, 0.3) is 0 Å². The van der Waals surface area contributed by atoms with Crippen LogP contribution in [0.15, 0.2) is 55.4 Å². The summed E-state index contributed by atoms with van der Waals surface area (Å²) in [7, 11) is 1.70. The maximum absolute atomic E-state index is 13.3. The highest BCUT2D eigenvalue weighted by Gasteiger charge is 2.08. The molecule has 2 N–H and O–H groups in total.